The van der Waals surface area contributed by atoms with E-state index in [0.29, 0.717) is 24.2 Å². The maximum atomic E-state index is 15.1. The second kappa shape index (κ2) is 13.8. The maximum absolute atomic E-state index is 15.1. The fourth-order valence-electron chi connectivity index (χ4n) is 7.83. The lowest BCUT2D eigenvalue weighted by molar-refractivity contribution is -0.147. The fourth-order valence-corrected chi connectivity index (χ4v) is 10.5. The van der Waals surface area contributed by atoms with E-state index in [1.807, 2.05) is 48.5 Å². The van der Waals surface area contributed by atoms with Crippen LogP contribution in [-0.4, -0.2) is 36.2 Å². The summed E-state index contributed by atoms with van der Waals surface area (Å²) in [5.41, 5.74) is 1.62. The van der Waals surface area contributed by atoms with Crippen molar-refractivity contribution in [2.45, 2.75) is 89.6 Å². The van der Waals surface area contributed by atoms with Gasteiger partial charge in [0, 0.05) is 6.16 Å². The molecule has 4 fully saturated rings. The third-order valence-electron chi connectivity index (χ3n) is 9.42. The van der Waals surface area contributed by atoms with Crippen LogP contribution in [0.5, 0.6) is 0 Å². The van der Waals surface area contributed by atoms with Crippen LogP contribution >= 0.6 is 7.37 Å². The Morgan fingerprint density at radius 1 is 0.905 bits per heavy atom. The Morgan fingerprint density at radius 2 is 1.48 bits per heavy atom. The molecule has 0 spiro atoms. The second-order valence-corrected chi connectivity index (χ2v) is 15.6. The van der Waals surface area contributed by atoms with E-state index in [-0.39, 0.29) is 25.3 Å². The average Bonchev–Trinajstić information content (AvgIpc) is 2.96. The number of aryl methyl sites for hydroxylation is 1. The van der Waals surface area contributed by atoms with E-state index in [1.165, 1.54) is 24.8 Å². The van der Waals surface area contributed by atoms with Gasteiger partial charge in [-0.2, -0.15) is 0 Å². The van der Waals surface area contributed by atoms with Gasteiger partial charge in [-0.1, -0.05) is 60.7 Å². The molecule has 3 atom stereocenters. The van der Waals surface area contributed by atoms with Crippen molar-refractivity contribution in [1.82, 2.24) is 5.32 Å². The Labute approximate surface area is 250 Å². The number of esters is 1. The largest absolute Gasteiger partial charge is 0.466 e. The van der Waals surface area contributed by atoms with Crippen LogP contribution in [0.15, 0.2) is 60.7 Å². The minimum absolute atomic E-state index is 0.0442. The first-order valence-electron chi connectivity index (χ1n) is 15.7. The van der Waals surface area contributed by atoms with Crippen LogP contribution in [0.4, 0.5) is 4.79 Å². The minimum atomic E-state index is -3.57. The van der Waals surface area contributed by atoms with E-state index >= 15 is 4.57 Å². The summed E-state index contributed by atoms with van der Waals surface area (Å²) in [4.78, 5) is 26.1. The molecule has 0 heterocycles. The Kier molecular flexibility index (Phi) is 10.1. The quantitative estimate of drug-likeness (QED) is 0.178. The van der Waals surface area contributed by atoms with Crippen LogP contribution < -0.4 is 5.32 Å². The molecule has 3 unspecified atom stereocenters. The normalized spacial score (nSPS) is 27.0. The summed E-state index contributed by atoms with van der Waals surface area (Å²) in [6, 6.07) is 19.6. The summed E-state index contributed by atoms with van der Waals surface area (Å²) in [6.07, 6.45) is 7.94. The molecule has 1 amide bonds. The Bertz CT molecular complexity index is 1200. The summed E-state index contributed by atoms with van der Waals surface area (Å²) in [7, 11) is -3.57. The highest BCUT2D eigenvalue weighted by Gasteiger charge is 2.55. The molecule has 7 nitrogen and oxygen atoms in total. The Morgan fingerprint density at radius 3 is 2.05 bits per heavy atom. The van der Waals surface area contributed by atoms with Gasteiger partial charge < -0.3 is 19.3 Å². The van der Waals surface area contributed by atoms with Gasteiger partial charge in [-0.05, 0) is 101 Å². The van der Waals surface area contributed by atoms with E-state index in [4.69, 9.17) is 14.0 Å². The van der Waals surface area contributed by atoms with Crippen LogP contribution in [0, 0.1) is 23.7 Å². The molecular formula is C34H46NO6P. The van der Waals surface area contributed by atoms with Gasteiger partial charge in [0.05, 0.1) is 18.1 Å². The zero-order valence-corrected chi connectivity index (χ0v) is 25.9. The first-order valence-corrected chi connectivity index (χ1v) is 17.6. The molecule has 4 aliphatic carbocycles. The molecule has 4 bridgehead atoms. The van der Waals surface area contributed by atoms with Crippen LogP contribution in [0.2, 0.25) is 0 Å². The van der Waals surface area contributed by atoms with E-state index in [1.54, 1.807) is 13.8 Å². The van der Waals surface area contributed by atoms with E-state index in [9.17, 15) is 9.59 Å². The molecule has 8 heteroatoms. The first kappa shape index (κ1) is 30.8. The number of rotatable bonds is 14. The van der Waals surface area contributed by atoms with Gasteiger partial charge in [-0.15, -0.1) is 0 Å². The van der Waals surface area contributed by atoms with Crippen LogP contribution in [-0.2, 0) is 36.4 Å². The molecule has 2 aromatic rings. The smallest absolute Gasteiger partial charge is 0.408 e. The third kappa shape index (κ3) is 7.85. The number of benzene rings is 2. The van der Waals surface area contributed by atoms with Gasteiger partial charge in [0.25, 0.3) is 0 Å². The van der Waals surface area contributed by atoms with Crippen molar-refractivity contribution in [2.24, 2.45) is 23.7 Å². The SMILES string of the molecule is CCOC(=O)C(CCCc1ccccc1)CP(=O)(OC12CC3CC(CC(C3)C1)C2)C(C)NC(=O)OCc1ccccc1. The number of ether oxygens (including phenoxy) is 2. The first-order chi connectivity index (χ1) is 20.3. The van der Waals surface area contributed by atoms with Crippen LogP contribution in [0.3, 0.4) is 0 Å². The molecule has 2 aromatic carbocycles. The molecule has 1 N–H and O–H groups in total. The summed E-state index contributed by atoms with van der Waals surface area (Å²) in [5, 5.41) is 2.83. The number of carbonyl (C=O) groups excluding carboxylic acids is 2. The lowest BCUT2D eigenvalue weighted by atomic mass is 9.54. The summed E-state index contributed by atoms with van der Waals surface area (Å²) in [5.74, 6) is 0.0816. The predicted octanol–water partition coefficient (Wildman–Crippen LogP) is 7.72. The average molecular weight is 596 g/mol. The van der Waals surface area contributed by atoms with E-state index < -0.39 is 30.8 Å². The third-order valence-corrected chi connectivity index (χ3v) is 12.4. The van der Waals surface area contributed by atoms with Gasteiger partial charge in [-0.3, -0.25) is 9.36 Å². The van der Waals surface area contributed by atoms with E-state index in [2.05, 4.69) is 17.4 Å². The van der Waals surface area contributed by atoms with Gasteiger partial charge in [0.2, 0.25) is 7.37 Å². The van der Waals surface area contributed by atoms with Gasteiger partial charge in [0.1, 0.15) is 12.4 Å². The van der Waals surface area contributed by atoms with Crippen molar-refractivity contribution < 1.29 is 28.2 Å². The molecule has 4 aliphatic rings. The molecule has 42 heavy (non-hydrogen) atoms. The van der Waals surface area contributed by atoms with Gasteiger partial charge in [-0.25, -0.2) is 4.79 Å². The molecule has 0 radical (unpaired) electrons. The predicted molar refractivity (Wildman–Crippen MR) is 163 cm³/mol. The second-order valence-electron chi connectivity index (χ2n) is 12.8. The molecule has 0 aromatic heterocycles. The summed E-state index contributed by atoms with van der Waals surface area (Å²) < 4.78 is 32.9. The van der Waals surface area contributed by atoms with Crippen molar-refractivity contribution in [3.8, 4) is 0 Å². The van der Waals surface area contributed by atoms with Crippen molar-refractivity contribution in [3.05, 3.63) is 71.8 Å². The maximum Gasteiger partial charge on any atom is 0.408 e. The molecule has 0 aliphatic heterocycles. The molecule has 6 rings (SSSR count). The topological polar surface area (TPSA) is 90.9 Å². The van der Waals surface area contributed by atoms with Crippen molar-refractivity contribution >= 4 is 19.4 Å². The minimum Gasteiger partial charge on any atom is -0.466 e. The van der Waals surface area contributed by atoms with E-state index in [0.717, 1.165) is 37.7 Å². The van der Waals surface area contributed by atoms with Gasteiger partial charge >= 0.3 is 12.1 Å². The highest BCUT2D eigenvalue weighted by Crippen LogP contribution is 2.64. The monoisotopic (exact) mass is 595 g/mol. The molecule has 228 valence electrons. The highest BCUT2D eigenvalue weighted by atomic mass is 31.2. The lowest BCUT2D eigenvalue weighted by Gasteiger charge is -2.57. The number of hydrogen-bond acceptors (Lipinski definition) is 6. The highest BCUT2D eigenvalue weighted by molar-refractivity contribution is 7.59. The van der Waals surface area contributed by atoms with Crippen molar-refractivity contribution in [1.29, 1.82) is 0 Å². The number of alkyl carbamates (subject to hydrolysis) is 1. The summed E-state index contributed by atoms with van der Waals surface area (Å²) in [6.45, 7) is 3.90. The molecular weight excluding hydrogens is 549 g/mol. The fraction of sp³-hybridized carbons (Fsp3) is 0.588. The Balaban J connectivity index is 1.32. The zero-order chi connectivity index (χ0) is 29.6. The van der Waals surface area contributed by atoms with Gasteiger partial charge in [0.15, 0.2) is 0 Å². The number of nitrogens with one attached hydrogen (secondary N) is 1. The number of carbonyl (C=O) groups is 2. The standard InChI is InChI=1S/C34H46NO6P/c1-3-39-32(36)31(16-10-15-26-11-6-4-7-12-26)24-42(38,25(2)35-33(37)40-23-27-13-8-5-9-14-27)41-34-20-28-17-29(21-34)19-30(18-28)22-34/h4-9,11-14,25,28-31H,3,10,15-24H2,1-2H3,(H,35,37). The Hall–Kier alpha value is -2.63. The molecule has 0 saturated heterocycles. The number of amides is 1. The number of hydrogen-bond donors (Lipinski definition) is 1. The van der Waals surface area contributed by atoms with Crippen molar-refractivity contribution in [3.63, 3.8) is 0 Å². The zero-order valence-electron chi connectivity index (χ0n) is 25.0. The van der Waals surface area contributed by atoms with Crippen molar-refractivity contribution in [2.75, 3.05) is 12.8 Å². The summed E-state index contributed by atoms with van der Waals surface area (Å²) >= 11 is 0. The van der Waals surface area contributed by atoms with Crippen LogP contribution in [0.25, 0.3) is 0 Å². The molecule has 4 saturated carbocycles. The van der Waals surface area contributed by atoms with Crippen LogP contribution in [0.1, 0.15) is 76.3 Å². The lowest BCUT2D eigenvalue weighted by Crippen LogP contribution is -2.52.